The van der Waals surface area contributed by atoms with Crippen molar-refractivity contribution in [1.29, 1.82) is 0 Å². The van der Waals surface area contributed by atoms with Crippen LogP contribution in [0.15, 0.2) is 24.3 Å². The number of anilines is 1. The van der Waals surface area contributed by atoms with Gasteiger partial charge in [-0.1, -0.05) is 65.7 Å². The molecule has 0 bridgehead atoms. The summed E-state index contributed by atoms with van der Waals surface area (Å²) < 4.78 is 0. The van der Waals surface area contributed by atoms with Crippen molar-refractivity contribution in [3.8, 4) is 0 Å². The lowest BCUT2D eigenvalue weighted by molar-refractivity contribution is -0.122. The van der Waals surface area contributed by atoms with Gasteiger partial charge in [-0.2, -0.15) is 0 Å². The second-order valence-electron chi connectivity index (χ2n) is 8.54. The lowest BCUT2D eigenvalue weighted by atomic mass is 9.91. The molecule has 1 fully saturated rings. The Bertz CT molecular complexity index is 588. The van der Waals surface area contributed by atoms with E-state index in [-0.39, 0.29) is 22.7 Å². The molecule has 2 nitrogen and oxygen atoms in total. The van der Waals surface area contributed by atoms with Gasteiger partial charge in [0.15, 0.2) is 0 Å². The summed E-state index contributed by atoms with van der Waals surface area (Å²) in [5.41, 5.74) is 2.81. The Labute approximate surface area is 141 Å². The molecule has 0 amide bonds. The molecule has 0 N–H and O–H groups in total. The van der Waals surface area contributed by atoms with Gasteiger partial charge in [0.2, 0.25) is 0 Å². The zero-order chi connectivity index (χ0) is 16.8. The molecule has 2 heteroatoms. The van der Waals surface area contributed by atoms with E-state index in [2.05, 4.69) is 63.8 Å². The highest BCUT2D eigenvalue weighted by Crippen LogP contribution is 2.69. The third kappa shape index (κ3) is 2.51. The number of para-hydroxylation sites is 1. The Kier molecular flexibility index (Phi) is 4.06. The van der Waals surface area contributed by atoms with Gasteiger partial charge < -0.3 is 4.90 Å². The van der Waals surface area contributed by atoms with Gasteiger partial charge in [0.25, 0.3) is 0 Å². The van der Waals surface area contributed by atoms with E-state index in [4.69, 9.17) is 0 Å². The number of fused-ring (bicyclic) bond motifs is 1. The zero-order valence-electron chi connectivity index (χ0n) is 15.4. The molecule has 1 aliphatic heterocycles. The summed E-state index contributed by atoms with van der Waals surface area (Å²) in [4.78, 5) is 15.7. The second-order valence-corrected chi connectivity index (χ2v) is 8.54. The monoisotopic (exact) mass is 313 g/mol. The summed E-state index contributed by atoms with van der Waals surface area (Å²) in [5.74, 6) is 0.730. The molecule has 0 saturated heterocycles. The van der Waals surface area contributed by atoms with E-state index < -0.39 is 0 Å². The van der Waals surface area contributed by atoms with Crippen LogP contribution in [-0.2, 0) is 4.79 Å². The van der Waals surface area contributed by atoms with Gasteiger partial charge in [0.05, 0.1) is 5.92 Å². The van der Waals surface area contributed by atoms with Crippen molar-refractivity contribution in [2.75, 3.05) is 18.0 Å². The fraction of sp³-hybridized carbons (Fsp3) is 0.667. The Morgan fingerprint density at radius 3 is 2.39 bits per heavy atom. The van der Waals surface area contributed by atoms with Crippen molar-refractivity contribution in [1.82, 2.24) is 0 Å². The predicted octanol–water partition coefficient (Wildman–Crippen LogP) is 5.03. The van der Waals surface area contributed by atoms with E-state index in [0.29, 0.717) is 5.78 Å². The van der Waals surface area contributed by atoms with E-state index in [1.54, 1.807) is 0 Å². The number of benzene rings is 1. The number of unbranched alkanes of at least 4 members (excludes halogenated alkanes) is 2. The van der Waals surface area contributed by atoms with Crippen LogP contribution in [0.25, 0.3) is 0 Å². The Balaban J connectivity index is 1.81. The summed E-state index contributed by atoms with van der Waals surface area (Å²) in [6.45, 7) is 13.2. The molecule has 1 aromatic carbocycles. The summed E-state index contributed by atoms with van der Waals surface area (Å²) in [7, 11) is 0. The number of rotatable bonds is 6. The first kappa shape index (κ1) is 16.5. The van der Waals surface area contributed by atoms with Crippen LogP contribution in [0.2, 0.25) is 0 Å². The van der Waals surface area contributed by atoms with Gasteiger partial charge in [0, 0.05) is 24.7 Å². The van der Waals surface area contributed by atoms with Crippen LogP contribution in [0.5, 0.6) is 0 Å². The second kappa shape index (κ2) is 5.65. The fourth-order valence-electron chi connectivity index (χ4n) is 4.60. The SMILES string of the molecule is CCCCCN1CC(C(=O)C2C(C)(C)C2(C)C)c2ccccc21. The van der Waals surface area contributed by atoms with Crippen molar-refractivity contribution in [2.45, 2.75) is 59.8 Å². The fourth-order valence-corrected chi connectivity index (χ4v) is 4.60. The molecular weight excluding hydrogens is 282 g/mol. The van der Waals surface area contributed by atoms with Crippen LogP contribution < -0.4 is 4.90 Å². The average Bonchev–Trinajstić information content (AvgIpc) is 2.80. The first-order valence-electron chi connectivity index (χ1n) is 9.20. The molecule has 23 heavy (non-hydrogen) atoms. The third-order valence-electron chi connectivity index (χ3n) is 6.74. The Morgan fingerprint density at radius 1 is 1.13 bits per heavy atom. The van der Waals surface area contributed by atoms with Gasteiger partial charge in [-0.15, -0.1) is 0 Å². The summed E-state index contributed by atoms with van der Waals surface area (Å²) in [5, 5.41) is 0. The molecule has 1 unspecified atom stereocenters. The molecule has 1 aliphatic carbocycles. The van der Waals surface area contributed by atoms with Crippen LogP contribution in [0.1, 0.15) is 65.4 Å². The smallest absolute Gasteiger partial charge is 0.146 e. The van der Waals surface area contributed by atoms with Gasteiger partial charge >= 0.3 is 0 Å². The van der Waals surface area contributed by atoms with E-state index in [9.17, 15) is 4.79 Å². The maximum absolute atomic E-state index is 13.3. The van der Waals surface area contributed by atoms with E-state index >= 15 is 0 Å². The number of nitrogens with zero attached hydrogens (tertiary/aromatic N) is 1. The first-order chi connectivity index (χ1) is 10.8. The van der Waals surface area contributed by atoms with Crippen molar-refractivity contribution >= 4 is 11.5 Å². The predicted molar refractivity (Wildman–Crippen MR) is 97.0 cm³/mol. The van der Waals surface area contributed by atoms with Gasteiger partial charge in [0.1, 0.15) is 5.78 Å². The Morgan fingerprint density at radius 2 is 1.78 bits per heavy atom. The van der Waals surface area contributed by atoms with Crippen LogP contribution in [-0.4, -0.2) is 18.9 Å². The van der Waals surface area contributed by atoms with Crippen LogP contribution in [0.3, 0.4) is 0 Å². The molecule has 0 radical (unpaired) electrons. The quantitative estimate of drug-likeness (QED) is 0.686. The van der Waals surface area contributed by atoms with Gasteiger partial charge in [-0.25, -0.2) is 0 Å². The third-order valence-corrected chi connectivity index (χ3v) is 6.74. The van der Waals surface area contributed by atoms with Crippen LogP contribution in [0, 0.1) is 16.7 Å². The summed E-state index contributed by atoms with van der Waals surface area (Å²) in [6, 6.07) is 8.54. The van der Waals surface area contributed by atoms with Crippen molar-refractivity contribution in [3.63, 3.8) is 0 Å². The Hall–Kier alpha value is -1.31. The number of carbonyl (C=O) groups excluding carboxylic acids is 1. The van der Waals surface area contributed by atoms with E-state index in [0.717, 1.165) is 13.1 Å². The molecule has 0 aromatic heterocycles. The molecule has 1 aromatic rings. The average molecular weight is 313 g/mol. The molecule has 126 valence electrons. The van der Waals surface area contributed by atoms with E-state index in [1.807, 2.05) is 0 Å². The minimum atomic E-state index is 0.0684. The lowest BCUT2D eigenvalue weighted by Gasteiger charge is -2.19. The lowest BCUT2D eigenvalue weighted by Crippen LogP contribution is -2.27. The minimum Gasteiger partial charge on any atom is -0.370 e. The van der Waals surface area contributed by atoms with Crippen LogP contribution in [0.4, 0.5) is 5.69 Å². The summed E-state index contributed by atoms with van der Waals surface area (Å²) >= 11 is 0. The standard InChI is InChI=1S/C21H31NO/c1-6-7-10-13-22-14-16(15-11-8-9-12-17(15)22)18(23)19-20(2,3)21(19,4)5/h8-9,11-12,16,19H,6-7,10,13-14H2,1-5H3. The number of carbonyl (C=O) groups is 1. The highest BCUT2D eigenvalue weighted by molar-refractivity contribution is 5.95. The zero-order valence-corrected chi connectivity index (χ0v) is 15.4. The molecule has 0 spiro atoms. The number of hydrogen-bond donors (Lipinski definition) is 0. The molecule has 1 heterocycles. The molecule has 1 saturated carbocycles. The van der Waals surface area contributed by atoms with E-state index in [1.165, 1.54) is 30.5 Å². The molecule has 2 aliphatic rings. The van der Waals surface area contributed by atoms with Crippen LogP contribution >= 0.6 is 0 Å². The number of Topliss-reactive ketones (excluding diaryl/α,β-unsaturated/α-hetero) is 1. The largest absolute Gasteiger partial charge is 0.370 e. The van der Waals surface area contributed by atoms with Gasteiger partial charge in [-0.05, 0) is 28.9 Å². The summed E-state index contributed by atoms with van der Waals surface area (Å²) in [6.07, 6.45) is 3.72. The highest BCUT2D eigenvalue weighted by Gasteiger charge is 2.68. The number of hydrogen-bond acceptors (Lipinski definition) is 2. The highest BCUT2D eigenvalue weighted by atomic mass is 16.1. The van der Waals surface area contributed by atoms with Crippen molar-refractivity contribution < 1.29 is 4.79 Å². The number of ketones is 1. The topological polar surface area (TPSA) is 20.3 Å². The normalized spacial score (nSPS) is 24.6. The maximum Gasteiger partial charge on any atom is 0.146 e. The molecule has 3 rings (SSSR count). The van der Waals surface area contributed by atoms with Crippen molar-refractivity contribution in [2.24, 2.45) is 16.7 Å². The maximum atomic E-state index is 13.3. The van der Waals surface area contributed by atoms with Gasteiger partial charge in [-0.3, -0.25) is 4.79 Å². The first-order valence-corrected chi connectivity index (χ1v) is 9.20. The molecule has 1 atom stereocenters. The molecular formula is C21H31NO. The minimum absolute atomic E-state index is 0.0684. The van der Waals surface area contributed by atoms with Crippen molar-refractivity contribution in [3.05, 3.63) is 29.8 Å².